The Morgan fingerprint density at radius 1 is 0.978 bits per heavy atom. The number of ether oxygens (including phenoxy) is 3. The Morgan fingerprint density at radius 3 is 2.64 bits per heavy atom. The molecule has 6 nitrogen and oxygen atoms in total. The summed E-state index contributed by atoms with van der Waals surface area (Å²) in [6, 6.07) is 11.9. The maximum Gasteiger partial charge on any atom is 0.262 e. The quantitative estimate of drug-likeness (QED) is 0.265. The number of aryl methyl sites for hydroxylation is 1. The average Bonchev–Trinajstić information content (AvgIpc) is 3.01. The van der Waals surface area contributed by atoms with E-state index in [4.69, 9.17) is 25.8 Å². The summed E-state index contributed by atoms with van der Waals surface area (Å²) in [5.74, 6) is 2.45. The van der Waals surface area contributed by atoms with Crippen molar-refractivity contribution in [3.8, 4) is 5.75 Å². The molecule has 0 radical (unpaired) electrons. The Labute approximate surface area is 277 Å². The topological polar surface area (TPSA) is 73.9 Å². The van der Waals surface area contributed by atoms with Gasteiger partial charge in [-0.3, -0.25) is 9.52 Å². The zero-order chi connectivity index (χ0) is 31.6. The van der Waals surface area contributed by atoms with Gasteiger partial charge in [0, 0.05) is 23.4 Å². The van der Waals surface area contributed by atoms with Gasteiger partial charge in [0.05, 0.1) is 19.3 Å². The van der Waals surface area contributed by atoms with Crippen molar-refractivity contribution >= 4 is 28.5 Å². The van der Waals surface area contributed by atoms with Gasteiger partial charge in [-0.05, 0) is 122 Å². The van der Waals surface area contributed by atoms with Crippen LogP contribution in [0.5, 0.6) is 5.75 Å². The van der Waals surface area contributed by atoms with E-state index in [9.17, 15) is 9.00 Å². The number of amides is 1. The summed E-state index contributed by atoms with van der Waals surface area (Å²) in [4.78, 5) is 13.4. The summed E-state index contributed by atoms with van der Waals surface area (Å²) >= 11 is 6.37. The highest BCUT2D eigenvalue weighted by Gasteiger charge is 2.37. The number of halogens is 1. The van der Waals surface area contributed by atoms with E-state index in [0.29, 0.717) is 43.0 Å². The van der Waals surface area contributed by atoms with Crippen molar-refractivity contribution in [3.05, 3.63) is 75.8 Å². The average molecular weight is 656 g/mol. The minimum absolute atomic E-state index is 0.0582. The first-order valence-corrected chi connectivity index (χ1v) is 18.6. The standard InChI is InChI=1S/C37H50ClNO5S/c1-26-8-7-11-35(43-21-20-42-2)33-18-15-28(33)13-12-27-9-5-3-4-6-10-29-22-32(38)17-14-31(29)24-44-36-19-16-30(23-34(27)36)37(40)39-45(41)25-26/h7,11,14,16-17,19,22-23,26-28,33,35H,3-6,8-10,12-13,15,18,20-21,24-25H2,1-2H3,(H,39,40)/b11-7+/t26-,27?,28-,33-,35+,45?/m1/s1. The van der Waals surface area contributed by atoms with Crippen LogP contribution in [-0.2, 0) is 33.5 Å². The third-order valence-electron chi connectivity index (χ3n) is 9.90. The Bertz CT molecular complexity index is 1330. The molecule has 2 aromatic carbocycles. The second-order valence-corrected chi connectivity index (χ2v) is 14.9. The minimum atomic E-state index is -1.47. The van der Waals surface area contributed by atoms with Crippen LogP contribution in [0.2, 0.25) is 5.02 Å². The van der Waals surface area contributed by atoms with Crippen LogP contribution >= 0.6 is 11.6 Å². The first kappa shape index (κ1) is 34.2. The van der Waals surface area contributed by atoms with E-state index in [-0.39, 0.29) is 23.8 Å². The molecule has 3 aliphatic rings. The van der Waals surface area contributed by atoms with Crippen LogP contribution in [0.1, 0.15) is 104 Å². The van der Waals surface area contributed by atoms with Crippen molar-refractivity contribution < 1.29 is 23.2 Å². The molecule has 1 aliphatic carbocycles. The fraction of sp³-hybridized carbons (Fsp3) is 0.595. The number of benzene rings is 2. The molecular formula is C37H50ClNO5S. The number of rotatable bonds is 4. The van der Waals surface area contributed by atoms with Crippen molar-refractivity contribution in [2.75, 3.05) is 26.1 Å². The van der Waals surface area contributed by atoms with E-state index in [1.807, 2.05) is 24.3 Å². The van der Waals surface area contributed by atoms with E-state index in [2.05, 4.69) is 35.9 Å². The van der Waals surface area contributed by atoms with E-state index >= 15 is 0 Å². The van der Waals surface area contributed by atoms with Gasteiger partial charge >= 0.3 is 0 Å². The first-order chi connectivity index (χ1) is 21.9. The Morgan fingerprint density at radius 2 is 1.82 bits per heavy atom. The zero-order valence-electron chi connectivity index (χ0n) is 26.9. The molecule has 0 aromatic heterocycles. The molecule has 1 amide bonds. The number of hydrogen-bond acceptors (Lipinski definition) is 5. The van der Waals surface area contributed by atoms with Crippen molar-refractivity contribution in [3.63, 3.8) is 0 Å². The van der Waals surface area contributed by atoms with Gasteiger partial charge in [-0.1, -0.05) is 56.0 Å². The second-order valence-electron chi connectivity index (χ2n) is 13.2. The summed E-state index contributed by atoms with van der Waals surface area (Å²) < 4.78 is 34.0. The van der Waals surface area contributed by atoms with Crippen LogP contribution in [0, 0.1) is 17.8 Å². The normalized spacial score (nSPS) is 29.1. The van der Waals surface area contributed by atoms with Crippen molar-refractivity contribution in [2.24, 2.45) is 17.8 Å². The second kappa shape index (κ2) is 17.1. The van der Waals surface area contributed by atoms with Gasteiger partial charge in [-0.2, -0.15) is 0 Å². The summed E-state index contributed by atoms with van der Waals surface area (Å²) in [6.45, 7) is 3.69. The largest absolute Gasteiger partial charge is 0.489 e. The Hall–Kier alpha value is -2.19. The number of methoxy groups -OCH3 is 1. The molecule has 246 valence electrons. The van der Waals surface area contributed by atoms with Crippen LogP contribution < -0.4 is 9.46 Å². The van der Waals surface area contributed by atoms with Crippen LogP contribution in [0.4, 0.5) is 0 Å². The Balaban J connectivity index is 1.46. The van der Waals surface area contributed by atoms with Gasteiger partial charge < -0.3 is 14.2 Å². The molecule has 2 aliphatic heterocycles. The highest BCUT2D eigenvalue weighted by molar-refractivity contribution is 7.83. The molecule has 5 rings (SSSR count). The fourth-order valence-electron chi connectivity index (χ4n) is 7.14. The van der Waals surface area contributed by atoms with E-state index in [1.54, 1.807) is 7.11 Å². The maximum absolute atomic E-state index is 13.4. The van der Waals surface area contributed by atoms with Crippen LogP contribution in [0.25, 0.3) is 0 Å². The lowest BCUT2D eigenvalue weighted by molar-refractivity contribution is -0.0353. The number of fused-ring (bicyclic) bond motifs is 3. The predicted octanol–water partition coefficient (Wildman–Crippen LogP) is 8.34. The van der Waals surface area contributed by atoms with Crippen LogP contribution in [0.15, 0.2) is 48.6 Å². The SMILES string of the molecule is COCCO[C@H]1/C=C/C[C@@H](C)CS(=O)NC(=O)c2ccc3c(c2)C(CCCCCCc2cc(Cl)ccc2CO3)CC[C@@H]2CC[C@H]21. The van der Waals surface area contributed by atoms with Crippen molar-refractivity contribution in [1.82, 2.24) is 4.72 Å². The van der Waals surface area contributed by atoms with Crippen LogP contribution in [0.3, 0.4) is 0 Å². The molecular weight excluding hydrogens is 606 g/mol. The summed E-state index contributed by atoms with van der Waals surface area (Å²) in [7, 11) is 0.236. The molecule has 0 saturated heterocycles. The summed E-state index contributed by atoms with van der Waals surface area (Å²) in [5, 5.41) is 0.757. The molecule has 2 unspecified atom stereocenters. The van der Waals surface area contributed by atoms with Gasteiger partial charge in [0.2, 0.25) is 0 Å². The van der Waals surface area contributed by atoms with Crippen molar-refractivity contribution in [1.29, 1.82) is 0 Å². The predicted molar refractivity (Wildman–Crippen MR) is 182 cm³/mol. The third-order valence-corrected chi connectivity index (χ3v) is 11.4. The van der Waals surface area contributed by atoms with Crippen LogP contribution in [-0.4, -0.2) is 42.3 Å². The van der Waals surface area contributed by atoms with Gasteiger partial charge in [0.1, 0.15) is 23.3 Å². The highest BCUT2D eigenvalue weighted by atomic mass is 35.5. The smallest absolute Gasteiger partial charge is 0.262 e. The Kier molecular flexibility index (Phi) is 13.0. The lowest BCUT2D eigenvalue weighted by Gasteiger charge is -2.41. The summed E-state index contributed by atoms with van der Waals surface area (Å²) in [5.41, 5.74) is 4.03. The number of allylic oxidation sites excluding steroid dienone is 1. The summed E-state index contributed by atoms with van der Waals surface area (Å²) in [6.07, 6.45) is 16.4. The van der Waals surface area contributed by atoms with E-state index in [1.165, 1.54) is 31.2 Å². The molecule has 2 heterocycles. The molecule has 45 heavy (non-hydrogen) atoms. The number of hydrogen-bond donors (Lipinski definition) is 1. The van der Waals surface area contributed by atoms with Gasteiger partial charge in [0.25, 0.3) is 5.91 Å². The number of nitrogens with one attached hydrogen (secondary N) is 1. The molecule has 1 N–H and O–H groups in total. The van der Waals surface area contributed by atoms with Gasteiger partial charge in [-0.15, -0.1) is 0 Å². The lowest BCUT2D eigenvalue weighted by atomic mass is 9.67. The van der Waals surface area contributed by atoms with Gasteiger partial charge in [-0.25, -0.2) is 4.21 Å². The fourth-order valence-corrected chi connectivity index (χ4v) is 8.40. The lowest BCUT2D eigenvalue weighted by Crippen LogP contribution is -2.37. The highest BCUT2D eigenvalue weighted by Crippen LogP contribution is 2.45. The molecule has 1 fully saturated rings. The van der Waals surface area contributed by atoms with E-state index < -0.39 is 11.0 Å². The monoisotopic (exact) mass is 655 g/mol. The number of carbonyl (C=O) groups is 1. The number of carbonyl (C=O) groups excluding carboxylic acids is 1. The maximum atomic E-state index is 13.4. The first-order valence-electron chi connectivity index (χ1n) is 16.9. The molecule has 8 heteroatoms. The minimum Gasteiger partial charge on any atom is -0.489 e. The molecule has 6 atom stereocenters. The van der Waals surface area contributed by atoms with Gasteiger partial charge in [0.15, 0.2) is 0 Å². The molecule has 2 bridgehead atoms. The van der Waals surface area contributed by atoms with E-state index in [0.717, 1.165) is 66.8 Å². The molecule has 1 saturated carbocycles. The third kappa shape index (κ3) is 9.66. The molecule has 2 aromatic rings. The van der Waals surface area contributed by atoms with Crippen molar-refractivity contribution in [2.45, 2.75) is 96.2 Å². The zero-order valence-corrected chi connectivity index (χ0v) is 28.5. The molecule has 0 spiro atoms.